The van der Waals surface area contributed by atoms with Crippen LogP contribution in [0.2, 0.25) is 5.02 Å². The monoisotopic (exact) mass is 307 g/mol. The summed E-state index contributed by atoms with van der Waals surface area (Å²) in [5, 5.41) is 24.7. The number of nitro groups is 1. The molecule has 0 spiro atoms. The summed E-state index contributed by atoms with van der Waals surface area (Å²) >= 11 is 5.91. The largest absolute Gasteiger partial charge is 0.476 e. The zero-order valence-corrected chi connectivity index (χ0v) is 11.5. The van der Waals surface area contributed by atoms with Gasteiger partial charge in [-0.3, -0.25) is 10.1 Å². The van der Waals surface area contributed by atoms with E-state index in [1.54, 1.807) is 0 Å². The summed E-state index contributed by atoms with van der Waals surface area (Å²) in [6, 6.07) is 4.14. The number of hydrogen-bond donors (Lipinski definition) is 1. The molecule has 2 aromatic rings. The van der Waals surface area contributed by atoms with Crippen LogP contribution in [0.4, 0.5) is 5.69 Å². The Morgan fingerprint density at radius 2 is 2.19 bits per heavy atom. The third-order valence-corrected chi connectivity index (χ3v) is 3.73. The molecule has 21 heavy (non-hydrogen) atoms. The van der Waals surface area contributed by atoms with Gasteiger partial charge in [0.25, 0.3) is 5.69 Å². The Balaban J connectivity index is 2.27. The maximum absolute atomic E-state index is 11.3. The molecule has 7 nitrogen and oxygen atoms in total. The lowest BCUT2D eigenvalue weighted by molar-refractivity contribution is -0.384. The van der Waals surface area contributed by atoms with Crippen molar-refractivity contribution in [1.29, 1.82) is 0 Å². The van der Waals surface area contributed by atoms with Crippen LogP contribution in [0.3, 0.4) is 0 Å². The summed E-state index contributed by atoms with van der Waals surface area (Å²) in [7, 11) is 0. The number of halogens is 1. The number of aromatic nitrogens is 2. The molecule has 1 aromatic heterocycles. The van der Waals surface area contributed by atoms with Crippen LogP contribution >= 0.6 is 11.6 Å². The second-order valence-corrected chi connectivity index (χ2v) is 5.17. The Kier molecular flexibility index (Phi) is 3.13. The summed E-state index contributed by atoms with van der Waals surface area (Å²) in [4.78, 5) is 21.9. The number of hydrogen-bond acceptors (Lipinski definition) is 4. The third kappa shape index (κ3) is 2.15. The molecule has 1 N–H and O–H groups in total. The first-order valence-electron chi connectivity index (χ1n) is 6.27. The number of rotatable bonds is 3. The summed E-state index contributed by atoms with van der Waals surface area (Å²) in [5.41, 5.74) is 1.35. The number of fused-ring (bicyclic) bond motifs is 1. The molecule has 0 fully saturated rings. The first-order valence-corrected chi connectivity index (χ1v) is 6.65. The Hall–Kier alpha value is -2.41. The highest BCUT2D eigenvalue weighted by Gasteiger charge is 2.29. The van der Waals surface area contributed by atoms with Gasteiger partial charge in [-0.2, -0.15) is 5.10 Å². The quantitative estimate of drug-likeness (QED) is 0.694. The van der Waals surface area contributed by atoms with Crippen molar-refractivity contribution >= 4 is 23.3 Å². The maximum Gasteiger partial charge on any atom is 0.356 e. The Morgan fingerprint density at radius 3 is 2.86 bits per heavy atom. The molecule has 0 bridgehead atoms. The average Bonchev–Trinajstić information content (AvgIpc) is 2.98. The van der Waals surface area contributed by atoms with E-state index in [1.807, 2.05) is 0 Å². The molecule has 1 heterocycles. The maximum atomic E-state index is 11.3. The molecule has 0 saturated carbocycles. The Morgan fingerprint density at radius 1 is 1.43 bits per heavy atom. The predicted octanol–water partition coefficient (Wildman–Crippen LogP) is 2.62. The van der Waals surface area contributed by atoms with Crippen molar-refractivity contribution in [1.82, 2.24) is 9.78 Å². The second-order valence-electron chi connectivity index (χ2n) is 4.73. The molecule has 3 rings (SSSR count). The highest BCUT2D eigenvalue weighted by atomic mass is 35.5. The van der Waals surface area contributed by atoms with Gasteiger partial charge in [0, 0.05) is 22.3 Å². The van der Waals surface area contributed by atoms with Crippen molar-refractivity contribution in [2.75, 3.05) is 0 Å². The van der Waals surface area contributed by atoms with E-state index >= 15 is 0 Å². The van der Waals surface area contributed by atoms with Crippen molar-refractivity contribution in [2.24, 2.45) is 0 Å². The van der Waals surface area contributed by atoms with Crippen LogP contribution in [0.5, 0.6) is 0 Å². The lowest BCUT2D eigenvalue weighted by atomic mass is 10.2. The van der Waals surface area contributed by atoms with Gasteiger partial charge in [0.05, 0.1) is 4.92 Å². The van der Waals surface area contributed by atoms with Crippen LogP contribution in [0.1, 0.15) is 28.2 Å². The minimum Gasteiger partial charge on any atom is -0.476 e. The van der Waals surface area contributed by atoms with Gasteiger partial charge in [-0.15, -0.1) is 0 Å². The minimum atomic E-state index is -1.13. The van der Waals surface area contributed by atoms with Crippen molar-refractivity contribution in [3.05, 3.63) is 50.3 Å². The average molecular weight is 308 g/mol. The molecule has 1 aliphatic carbocycles. The fourth-order valence-corrected chi connectivity index (χ4v) is 2.80. The van der Waals surface area contributed by atoms with Gasteiger partial charge in [-0.05, 0) is 31.4 Å². The van der Waals surface area contributed by atoms with E-state index in [2.05, 4.69) is 5.10 Å². The van der Waals surface area contributed by atoms with Crippen LogP contribution in [-0.2, 0) is 12.8 Å². The first kappa shape index (κ1) is 13.6. The third-order valence-electron chi connectivity index (χ3n) is 3.50. The zero-order valence-electron chi connectivity index (χ0n) is 10.7. The number of nitrogens with zero attached hydrogens (tertiary/aromatic N) is 3. The second kappa shape index (κ2) is 4.85. The lowest BCUT2D eigenvalue weighted by Crippen LogP contribution is -2.07. The van der Waals surface area contributed by atoms with E-state index in [-0.39, 0.29) is 17.1 Å². The fraction of sp³-hybridized carbons (Fsp3) is 0.231. The van der Waals surface area contributed by atoms with Crippen LogP contribution in [0.15, 0.2) is 18.2 Å². The molecular formula is C13H10ClN3O4. The summed E-state index contributed by atoms with van der Waals surface area (Å²) in [5.74, 6) is -1.13. The summed E-state index contributed by atoms with van der Waals surface area (Å²) in [6.07, 6.45) is 2.06. The molecule has 0 unspecified atom stereocenters. The molecular weight excluding hydrogens is 298 g/mol. The van der Waals surface area contributed by atoms with Gasteiger partial charge in [0.2, 0.25) is 0 Å². The molecule has 0 aliphatic heterocycles. The summed E-state index contributed by atoms with van der Waals surface area (Å²) in [6.45, 7) is 0. The van der Waals surface area contributed by atoms with Gasteiger partial charge in [0.1, 0.15) is 5.69 Å². The summed E-state index contributed by atoms with van der Waals surface area (Å²) < 4.78 is 1.34. The van der Waals surface area contributed by atoms with E-state index < -0.39 is 10.9 Å². The van der Waals surface area contributed by atoms with E-state index in [4.69, 9.17) is 11.6 Å². The van der Waals surface area contributed by atoms with Crippen molar-refractivity contribution in [2.45, 2.75) is 19.3 Å². The van der Waals surface area contributed by atoms with E-state index in [0.29, 0.717) is 29.1 Å². The molecule has 1 aromatic carbocycles. The molecule has 1 aliphatic rings. The smallest absolute Gasteiger partial charge is 0.356 e. The lowest BCUT2D eigenvalue weighted by Gasteiger charge is -2.06. The van der Waals surface area contributed by atoms with Crippen LogP contribution < -0.4 is 0 Å². The topological polar surface area (TPSA) is 98.3 Å². The Bertz CT molecular complexity index is 769. The molecule has 0 atom stereocenters. The highest BCUT2D eigenvalue weighted by molar-refractivity contribution is 6.30. The van der Waals surface area contributed by atoms with Crippen LogP contribution in [0, 0.1) is 10.1 Å². The molecule has 108 valence electrons. The van der Waals surface area contributed by atoms with Gasteiger partial charge in [-0.1, -0.05) is 11.6 Å². The normalized spacial score (nSPS) is 13.2. The molecule has 0 saturated heterocycles. The van der Waals surface area contributed by atoms with Gasteiger partial charge in [0.15, 0.2) is 5.69 Å². The van der Waals surface area contributed by atoms with Crippen LogP contribution in [0.25, 0.3) is 5.69 Å². The van der Waals surface area contributed by atoms with Gasteiger partial charge >= 0.3 is 5.97 Å². The number of carboxylic acids is 1. The molecule has 8 heteroatoms. The number of benzene rings is 1. The van der Waals surface area contributed by atoms with Crippen molar-refractivity contribution < 1.29 is 14.8 Å². The van der Waals surface area contributed by atoms with E-state index in [1.165, 1.54) is 22.9 Å². The number of nitro benzene ring substituents is 1. The Labute approximate surface area is 123 Å². The van der Waals surface area contributed by atoms with Gasteiger partial charge in [-0.25, -0.2) is 9.48 Å². The van der Waals surface area contributed by atoms with Crippen molar-refractivity contribution in [3.8, 4) is 5.69 Å². The fourth-order valence-electron chi connectivity index (χ4n) is 2.63. The van der Waals surface area contributed by atoms with Gasteiger partial charge < -0.3 is 5.11 Å². The SMILES string of the molecule is O=C(O)c1nn(-c2cc(Cl)ccc2[N+](=O)[O-])c2c1CCC2. The molecule has 0 radical (unpaired) electrons. The number of carbonyl (C=O) groups is 1. The standard InChI is InChI=1S/C13H10ClN3O4/c14-7-4-5-10(17(20)21)11(6-7)16-9-3-1-2-8(9)12(15-16)13(18)19/h4-6H,1-3H2,(H,18,19). The van der Waals surface area contributed by atoms with E-state index in [0.717, 1.165) is 6.42 Å². The molecule has 0 amide bonds. The van der Waals surface area contributed by atoms with Crippen molar-refractivity contribution in [3.63, 3.8) is 0 Å². The first-order chi connectivity index (χ1) is 9.99. The minimum absolute atomic E-state index is 0.0447. The van der Waals surface area contributed by atoms with E-state index in [9.17, 15) is 20.0 Å². The highest BCUT2D eigenvalue weighted by Crippen LogP contribution is 2.32. The number of aromatic carboxylic acids is 1. The number of carboxylic acid groups (broad SMARTS) is 1. The predicted molar refractivity (Wildman–Crippen MR) is 74.2 cm³/mol. The zero-order chi connectivity index (χ0) is 15.1. The van der Waals surface area contributed by atoms with Crippen LogP contribution in [-0.4, -0.2) is 25.8 Å².